The van der Waals surface area contributed by atoms with E-state index in [0.717, 1.165) is 17.0 Å². The van der Waals surface area contributed by atoms with E-state index in [-0.39, 0.29) is 6.54 Å². The van der Waals surface area contributed by atoms with Crippen LogP contribution in [-0.4, -0.2) is 37.4 Å². The number of likely N-dealkylation sites (N-methyl/N-ethyl adjacent to an activating group) is 1. The van der Waals surface area contributed by atoms with Crippen LogP contribution in [-0.2, 0) is 17.9 Å². The lowest BCUT2D eigenvalue weighted by Gasteiger charge is -2.23. The fraction of sp³-hybridized carbons (Fsp3) is 0.588. The summed E-state index contributed by atoms with van der Waals surface area (Å²) in [6.07, 6.45) is -6.01. The van der Waals surface area contributed by atoms with E-state index < -0.39 is 36.2 Å². The van der Waals surface area contributed by atoms with Crippen molar-refractivity contribution in [3.05, 3.63) is 34.4 Å². The third-order valence-corrected chi connectivity index (χ3v) is 4.56. The third kappa shape index (κ3) is 4.14. The van der Waals surface area contributed by atoms with Gasteiger partial charge in [-0.3, -0.25) is 14.2 Å². The second-order valence-corrected chi connectivity index (χ2v) is 6.38. The Morgan fingerprint density at radius 3 is 2.30 bits per heavy atom. The summed E-state index contributed by atoms with van der Waals surface area (Å²) in [5, 5.41) is 7.90. The molecular formula is C17H23F4N5O. The van der Waals surface area contributed by atoms with Gasteiger partial charge >= 0.3 is 0 Å². The second kappa shape index (κ2) is 8.10. The van der Waals surface area contributed by atoms with Gasteiger partial charge in [0.25, 0.3) is 12.9 Å². The summed E-state index contributed by atoms with van der Waals surface area (Å²) in [5.41, 5.74) is 1.07. The van der Waals surface area contributed by atoms with Crippen LogP contribution in [0, 0.1) is 13.8 Å². The first-order chi connectivity index (χ1) is 12.6. The maximum absolute atomic E-state index is 13.2. The molecule has 1 amide bonds. The summed E-state index contributed by atoms with van der Waals surface area (Å²) in [6.45, 7) is 7.94. The average molecular weight is 389 g/mol. The number of alkyl halides is 4. The largest absolute Gasteiger partial charge is 0.339 e. The van der Waals surface area contributed by atoms with Crippen LogP contribution < -0.4 is 0 Å². The molecule has 0 saturated heterocycles. The van der Waals surface area contributed by atoms with E-state index in [9.17, 15) is 22.4 Å². The fourth-order valence-electron chi connectivity index (χ4n) is 3.02. The maximum Gasteiger partial charge on any atom is 0.282 e. The molecule has 2 aromatic heterocycles. The zero-order chi connectivity index (χ0) is 20.5. The van der Waals surface area contributed by atoms with E-state index in [1.54, 1.807) is 0 Å². The molecule has 2 rings (SSSR count). The molecule has 0 aliphatic heterocycles. The molecule has 2 heterocycles. The first kappa shape index (κ1) is 20.9. The zero-order valence-electron chi connectivity index (χ0n) is 15.9. The van der Waals surface area contributed by atoms with E-state index in [1.807, 2.05) is 25.5 Å². The fourth-order valence-corrected chi connectivity index (χ4v) is 3.02. The van der Waals surface area contributed by atoms with E-state index in [2.05, 4.69) is 10.2 Å². The van der Waals surface area contributed by atoms with E-state index >= 15 is 0 Å². The number of hydrogen-bond donors (Lipinski definition) is 0. The minimum absolute atomic E-state index is 0.230. The highest BCUT2D eigenvalue weighted by Crippen LogP contribution is 2.28. The summed E-state index contributed by atoms with van der Waals surface area (Å²) in [6, 6.07) is -0.507. The molecule has 0 aliphatic rings. The molecular weight excluding hydrogens is 366 g/mol. The van der Waals surface area contributed by atoms with Gasteiger partial charge in [-0.1, -0.05) is 0 Å². The Morgan fingerprint density at radius 1 is 1.19 bits per heavy atom. The first-order valence-corrected chi connectivity index (χ1v) is 8.51. The summed E-state index contributed by atoms with van der Waals surface area (Å²) < 4.78 is 54.5. The number of carbonyl (C=O) groups is 1. The summed E-state index contributed by atoms with van der Waals surface area (Å²) in [7, 11) is 1.53. The SMILES string of the molecule is CCn1nc(C)c(CN(C)C(=O)C(C)n2nc(C(F)F)cc2C(F)F)c1C. The topological polar surface area (TPSA) is 56.0 Å². The number of amides is 1. The molecule has 10 heteroatoms. The molecule has 0 fully saturated rings. The minimum atomic E-state index is -3.02. The van der Waals surface area contributed by atoms with E-state index in [4.69, 9.17) is 0 Å². The standard InChI is InChI=1S/C17H23F4N5O/c1-6-25-10(3)12(9(2)22-25)8-24(5)17(27)11(4)26-14(16(20)21)7-13(23-26)15(18)19/h7,11,15-16H,6,8H2,1-5H3. The number of rotatable bonds is 7. The smallest absolute Gasteiger partial charge is 0.282 e. The normalized spacial score (nSPS) is 12.9. The molecule has 6 nitrogen and oxygen atoms in total. The van der Waals surface area contributed by atoms with E-state index in [0.29, 0.717) is 17.3 Å². The highest BCUT2D eigenvalue weighted by molar-refractivity contribution is 5.79. The number of carbonyl (C=O) groups excluding carboxylic acids is 1. The molecule has 0 N–H and O–H groups in total. The molecule has 0 saturated carbocycles. The zero-order valence-corrected chi connectivity index (χ0v) is 15.9. The molecule has 27 heavy (non-hydrogen) atoms. The number of halogens is 4. The quantitative estimate of drug-likeness (QED) is 0.677. The predicted octanol–water partition coefficient (Wildman–Crippen LogP) is 3.81. The Hall–Kier alpha value is -2.39. The molecule has 0 bridgehead atoms. The van der Waals surface area contributed by atoms with Crippen LogP contribution in [0.3, 0.4) is 0 Å². The van der Waals surface area contributed by atoms with Crippen LogP contribution in [0.2, 0.25) is 0 Å². The number of nitrogens with zero attached hydrogens (tertiary/aromatic N) is 5. The van der Waals surface area contributed by atoms with Crippen molar-refractivity contribution in [1.29, 1.82) is 0 Å². The molecule has 0 spiro atoms. The maximum atomic E-state index is 13.2. The number of aromatic nitrogens is 4. The Morgan fingerprint density at radius 2 is 1.81 bits per heavy atom. The van der Waals surface area contributed by atoms with Crippen molar-refractivity contribution in [1.82, 2.24) is 24.5 Å². The van der Waals surface area contributed by atoms with Gasteiger partial charge in [0.15, 0.2) is 0 Å². The van der Waals surface area contributed by atoms with Gasteiger partial charge in [-0.25, -0.2) is 17.6 Å². The van der Waals surface area contributed by atoms with Crippen LogP contribution in [0.25, 0.3) is 0 Å². The Balaban J connectivity index is 2.26. The van der Waals surface area contributed by atoms with Crippen LogP contribution in [0.4, 0.5) is 17.6 Å². The molecule has 0 aliphatic carbocycles. The van der Waals surface area contributed by atoms with Crippen LogP contribution in [0.15, 0.2) is 6.07 Å². The predicted molar refractivity (Wildman–Crippen MR) is 90.7 cm³/mol. The van der Waals surface area contributed by atoms with Crippen molar-refractivity contribution >= 4 is 5.91 Å². The summed E-state index contributed by atoms with van der Waals surface area (Å²) >= 11 is 0. The number of hydrogen-bond acceptors (Lipinski definition) is 3. The Kier molecular flexibility index (Phi) is 6.27. The molecule has 0 aromatic carbocycles. The molecule has 1 atom stereocenters. The van der Waals surface area contributed by atoms with Gasteiger partial charge in [0.05, 0.1) is 5.69 Å². The molecule has 1 unspecified atom stereocenters. The van der Waals surface area contributed by atoms with E-state index in [1.165, 1.54) is 18.9 Å². The van der Waals surface area contributed by atoms with Crippen LogP contribution in [0.5, 0.6) is 0 Å². The van der Waals surface area contributed by atoms with Gasteiger partial charge < -0.3 is 4.90 Å². The van der Waals surface area contributed by atoms with Gasteiger partial charge in [-0.05, 0) is 33.8 Å². The molecule has 2 aromatic rings. The highest BCUT2D eigenvalue weighted by Gasteiger charge is 2.29. The van der Waals surface area contributed by atoms with Gasteiger partial charge in [-0.15, -0.1) is 0 Å². The lowest BCUT2D eigenvalue weighted by molar-refractivity contribution is -0.134. The van der Waals surface area contributed by atoms with Gasteiger partial charge in [0.1, 0.15) is 17.4 Å². The average Bonchev–Trinajstić information content (AvgIpc) is 3.17. The monoisotopic (exact) mass is 389 g/mol. The second-order valence-electron chi connectivity index (χ2n) is 6.38. The van der Waals surface area contributed by atoms with Crippen molar-refractivity contribution < 1.29 is 22.4 Å². The lowest BCUT2D eigenvalue weighted by Crippen LogP contribution is -2.34. The van der Waals surface area contributed by atoms with Crippen molar-refractivity contribution in [2.45, 2.75) is 59.7 Å². The van der Waals surface area contributed by atoms with Crippen molar-refractivity contribution in [3.63, 3.8) is 0 Å². The van der Waals surface area contributed by atoms with Crippen molar-refractivity contribution in [2.75, 3.05) is 7.05 Å². The third-order valence-electron chi connectivity index (χ3n) is 4.56. The summed E-state index contributed by atoms with van der Waals surface area (Å²) in [4.78, 5) is 14.1. The summed E-state index contributed by atoms with van der Waals surface area (Å²) in [5.74, 6) is -0.510. The minimum Gasteiger partial charge on any atom is -0.339 e. The van der Waals surface area contributed by atoms with Gasteiger partial charge in [0.2, 0.25) is 5.91 Å². The Labute approximate surface area is 154 Å². The number of aryl methyl sites for hydroxylation is 2. The highest BCUT2D eigenvalue weighted by atomic mass is 19.3. The van der Waals surface area contributed by atoms with Crippen LogP contribution in [0.1, 0.15) is 61.1 Å². The molecule has 0 radical (unpaired) electrons. The Bertz CT molecular complexity index is 815. The van der Waals surface area contributed by atoms with Gasteiger partial charge in [-0.2, -0.15) is 10.2 Å². The van der Waals surface area contributed by atoms with Gasteiger partial charge in [0, 0.05) is 31.4 Å². The first-order valence-electron chi connectivity index (χ1n) is 8.51. The van der Waals surface area contributed by atoms with Crippen molar-refractivity contribution in [2.24, 2.45) is 0 Å². The van der Waals surface area contributed by atoms with Crippen LogP contribution >= 0.6 is 0 Å². The van der Waals surface area contributed by atoms with Crippen molar-refractivity contribution in [3.8, 4) is 0 Å². The lowest BCUT2D eigenvalue weighted by atomic mass is 10.1. The molecule has 150 valence electrons.